The molecule has 0 aliphatic heterocycles. The summed E-state index contributed by atoms with van der Waals surface area (Å²) in [5, 5.41) is 2.96. The van der Waals surface area contributed by atoms with Crippen molar-refractivity contribution in [1.82, 2.24) is 4.98 Å². The minimum absolute atomic E-state index is 0.580. The predicted octanol–water partition coefficient (Wildman–Crippen LogP) is 2.08. The lowest BCUT2D eigenvalue weighted by Gasteiger charge is -2.07. The van der Waals surface area contributed by atoms with Gasteiger partial charge in [0.25, 0.3) is 0 Å². The summed E-state index contributed by atoms with van der Waals surface area (Å²) in [4.78, 5) is 4.12. The molecule has 0 aromatic carbocycles. The van der Waals surface area contributed by atoms with E-state index in [4.69, 9.17) is 4.74 Å². The van der Waals surface area contributed by atoms with Crippen molar-refractivity contribution in [2.75, 3.05) is 19.0 Å². The van der Waals surface area contributed by atoms with Gasteiger partial charge in [-0.3, -0.25) is 0 Å². The van der Waals surface area contributed by atoms with Crippen LogP contribution in [0.2, 0.25) is 0 Å². The van der Waals surface area contributed by atoms with Gasteiger partial charge in [-0.05, 0) is 19.1 Å². The largest absolute Gasteiger partial charge is 0.486 e. The summed E-state index contributed by atoms with van der Waals surface area (Å²) in [6.45, 7) is 2.54. The van der Waals surface area contributed by atoms with E-state index in [1.165, 1.54) is 0 Å². The highest BCUT2D eigenvalue weighted by Gasteiger charge is 1.99. The monoisotopic (exact) mass is 178 g/mol. The summed E-state index contributed by atoms with van der Waals surface area (Å²) in [7, 11) is 1.82. The van der Waals surface area contributed by atoms with E-state index in [9.17, 15) is 0 Å². The molecule has 0 saturated heterocycles. The van der Waals surface area contributed by atoms with E-state index in [1.807, 2.05) is 38.3 Å². The minimum Gasteiger partial charge on any atom is -0.486 e. The lowest BCUT2D eigenvalue weighted by atomic mass is 10.4. The van der Waals surface area contributed by atoms with Crippen LogP contribution in [-0.2, 0) is 0 Å². The van der Waals surface area contributed by atoms with Gasteiger partial charge in [0.2, 0.25) is 0 Å². The fourth-order valence-electron chi connectivity index (χ4n) is 0.929. The van der Waals surface area contributed by atoms with Gasteiger partial charge in [0.1, 0.15) is 6.61 Å². The maximum absolute atomic E-state index is 5.46. The van der Waals surface area contributed by atoms with Gasteiger partial charge in [-0.1, -0.05) is 12.2 Å². The highest BCUT2D eigenvalue weighted by molar-refractivity contribution is 5.48. The van der Waals surface area contributed by atoms with Gasteiger partial charge >= 0.3 is 0 Å². The molecular weight excluding hydrogens is 164 g/mol. The number of hydrogen-bond acceptors (Lipinski definition) is 3. The second kappa shape index (κ2) is 5.19. The molecule has 0 radical (unpaired) electrons. The summed E-state index contributed by atoms with van der Waals surface area (Å²) in [6, 6.07) is 3.74. The van der Waals surface area contributed by atoms with Crippen LogP contribution in [0.25, 0.3) is 0 Å². The molecular formula is C10H14N2O. The zero-order valence-corrected chi connectivity index (χ0v) is 7.95. The molecule has 0 saturated carbocycles. The number of rotatable bonds is 4. The van der Waals surface area contributed by atoms with Crippen LogP contribution in [0.1, 0.15) is 6.92 Å². The second-order valence-electron chi connectivity index (χ2n) is 2.48. The summed E-state index contributed by atoms with van der Waals surface area (Å²) in [5.41, 5.74) is 0. The maximum Gasteiger partial charge on any atom is 0.168 e. The molecule has 0 atom stereocenters. The third-order valence-electron chi connectivity index (χ3n) is 1.58. The summed E-state index contributed by atoms with van der Waals surface area (Å²) >= 11 is 0. The molecule has 1 aromatic heterocycles. The van der Waals surface area contributed by atoms with Gasteiger partial charge in [0.15, 0.2) is 11.6 Å². The van der Waals surface area contributed by atoms with E-state index < -0.39 is 0 Å². The van der Waals surface area contributed by atoms with Crippen LogP contribution >= 0.6 is 0 Å². The summed E-state index contributed by atoms with van der Waals surface area (Å²) in [6.07, 6.45) is 5.64. The molecule has 0 fully saturated rings. The van der Waals surface area contributed by atoms with Crippen LogP contribution in [0, 0.1) is 0 Å². The van der Waals surface area contributed by atoms with Gasteiger partial charge in [0, 0.05) is 13.2 Å². The van der Waals surface area contributed by atoms with E-state index in [0.717, 1.165) is 11.6 Å². The Kier molecular flexibility index (Phi) is 3.82. The van der Waals surface area contributed by atoms with Gasteiger partial charge in [0.05, 0.1) is 0 Å². The Morgan fingerprint density at radius 1 is 1.62 bits per heavy atom. The first kappa shape index (κ1) is 9.58. The topological polar surface area (TPSA) is 34.1 Å². The van der Waals surface area contributed by atoms with Crippen molar-refractivity contribution >= 4 is 5.82 Å². The van der Waals surface area contributed by atoms with Gasteiger partial charge in [-0.15, -0.1) is 0 Å². The molecule has 1 aromatic rings. The van der Waals surface area contributed by atoms with Gasteiger partial charge in [-0.2, -0.15) is 0 Å². The lowest BCUT2D eigenvalue weighted by Crippen LogP contribution is -1.99. The quantitative estimate of drug-likeness (QED) is 0.717. The van der Waals surface area contributed by atoms with Crippen molar-refractivity contribution in [3.63, 3.8) is 0 Å². The third-order valence-corrected chi connectivity index (χ3v) is 1.58. The molecule has 0 spiro atoms. The molecule has 1 N–H and O–H groups in total. The standard InChI is InChI=1S/C10H14N2O/c1-3-4-8-13-9-6-5-7-12-10(9)11-2/h3-7H,8H2,1-2H3,(H,11,12)/b4-3+. The highest BCUT2D eigenvalue weighted by atomic mass is 16.5. The maximum atomic E-state index is 5.46. The summed E-state index contributed by atoms with van der Waals surface area (Å²) in [5.74, 6) is 1.55. The summed E-state index contributed by atoms with van der Waals surface area (Å²) < 4.78 is 5.46. The minimum atomic E-state index is 0.580. The zero-order chi connectivity index (χ0) is 9.52. The molecule has 0 unspecified atom stereocenters. The number of anilines is 1. The average Bonchev–Trinajstić information content (AvgIpc) is 2.19. The molecule has 13 heavy (non-hydrogen) atoms. The van der Waals surface area contributed by atoms with Gasteiger partial charge < -0.3 is 10.1 Å². The molecule has 0 aliphatic rings. The number of allylic oxidation sites excluding steroid dienone is 1. The van der Waals surface area contributed by atoms with Crippen LogP contribution in [0.3, 0.4) is 0 Å². The molecule has 0 bridgehead atoms. The predicted molar refractivity (Wildman–Crippen MR) is 54.1 cm³/mol. The SMILES string of the molecule is C/C=C/COc1cccnc1NC. The Bertz CT molecular complexity index is 284. The smallest absolute Gasteiger partial charge is 0.168 e. The van der Waals surface area contributed by atoms with Crippen molar-refractivity contribution in [2.45, 2.75) is 6.92 Å². The highest BCUT2D eigenvalue weighted by Crippen LogP contribution is 2.19. The van der Waals surface area contributed by atoms with Crippen molar-refractivity contribution in [3.8, 4) is 5.75 Å². The first-order chi connectivity index (χ1) is 6.38. The Balaban J connectivity index is 2.64. The first-order valence-electron chi connectivity index (χ1n) is 4.25. The molecule has 0 aliphatic carbocycles. The second-order valence-corrected chi connectivity index (χ2v) is 2.48. The van der Waals surface area contributed by atoms with Crippen LogP contribution in [0.4, 0.5) is 5.82 Å². The number of nitrogens with one attached hydrogen (secondary N) is 1. The van der Waals surface area contributed by atoms with E-state index in [2.05, 4.69) is 10.3 Å². The van der Waals surface area contributed by atoms with Crippen molar-refractivity contribution in [3.05, 3.63) is 30.5 Å². The van der Waals surface area contributed by atoms with Crippen LogP contribution in [-0.4, -0.2) is 18.6 Å². The fraction of sp³-hybridized carbons (Fsp3) is 0.300. The number of ether oxygens (including phenoxy) is 1. The van der Waals surface area contributed by atoms with Crippen molar-refractivity contribution in [1.29, 1.82) is 0 Å². The third kappa shape index (κ3) is 2.78. The molecule has 0 amide bonds. The number of hydrogen-bond donors (Lipinski definition) is 1. The van der Waals surface area contributed by atoms with Crippen LogP contribution < -0.4 is 10.1 Å². The van der Waals surface area contributed by atoms with Crippen LogP contribution in [0.5, 0.6) is 5.75 Å². The Morgan fingerprint density at radius 2 is 2.46 bits per heavy atom. The van der Waals surface area contributed by atoms with E-state index in [0.29, 0.717) is 6.61 Å². The lowest BCUT2D eigenvalue weighted by molar-refractivity contribution is 0.363. The number of aromatic nitrogens is 1. The molecule has 1 rings (SSSR count). The van der Waals surface area contributed by atoms with E-state index in [1.54, 1.807) is 6.20 Å². The Hall–Kier alpha value is -1.51. The number of nitrogens with zero attached hydrogens (tertiary/aromatic N) is 1. The average molecular weight is 178 g/mol. The Morgan fingerprint density at radius 3 is 3.15 bits per heavy atom. The van der Waals surface area contributed by atoms with Gasteiger partial charge in [-0.25, -0.2) is 4.98 Å². The van der Waals surface area contributed by atoms with Crippen molar-refractivity contribution in [2.24, 2.45) is 0 Å². The molecule has 3 nitrogen and oxygen atoms in total. The zero-order valence-electron chi connectivity index (χ0n) is 7.95. The van der Waals surface area contributed by atoms with Crippen LogP contribution in [0.15, 0.2) is 30.5 Å². The first-order valence-corrected chi connectivity index (χ1v) is 4.25. The van der Waals surface area contributed by atoms with E-state index >= 15 is 0 Å². The fourth-order valence-corrected chi connectivity index (χ4v) is 0.929. The Labute approximate surface area is 78.4 Å². The number of pyridine rings is 1. The normalized spacial score (nSPS) is 10.3. The van der Waals surface area contributed by atoms with Crippen molar-refractivity contribution < 1.29 is 4.74 Å². The molecule has 1 heterocycles. The van der Waals surface area contributed by atoms with E-state index in [-0.39, 0.29) is 0 Å². The molecule has 3 heteroatoms. The molecule has 70 valence electrons.